The first-order chi connectivity index (χ1) is 7.79. The summed E-state index contributed by atoms with van der Waals surface area (Å²) in [5.74, 6) is 0.885. The van der Waals surface area contributed by atoms with Crippen molar-refractivity contribution in [2.75, 3.05) is 23.7 Å². The first-order valence-electron chi connectivity index (χ1n) is 6.40. The van der Waals surface area contributed by atoms with E-state index in [0.29, 0.717) is 0 Å². The largest absolute Gasteiger partial charge is 0.399 e. The molecule has 16 heavy (non-hydrogen) atoms. The number of nitrogen functional groups attached to an aromatic ring is 1. The molecule has 2 N–H and O–H groups in total. The third-order valence-electron chi connectivity index (χ3n) is 3.47. The topological polar surface area (TPSA) is 29.3 Å². The first-order valence-corrected chi connectivity index (χ1v) is 6.40. The van der Waals surface area contributed by atoms with Crippen molar-refractivity contribution in [1.29, 1.82) is 0 Å². The van der Waals surface area contributed by atoms with Gasteiger partial charge in [0.15, 0.2) is 0 Å². The van der Waals surface area contributed by atoms with Crippen LogP contribution in [0.4, 0.5) is 11.4 Å². The van der Waals surface area contributed by atoms with E-state index < -0.39 is 0 Å². The Kier molecular flexibility index (Phi) is 3.70. The molecule has 1 aliphatic heterocycles. The number of nitrogens with zero attached hydrogens (tertiary/aromatic N) is 1. The second kappa shape index (κ2) is 5.24. The third kappa shape index (κ3) is 2.69. The number of benzene rings is 1. The maximum atomic E-state index is 5.71. The minimum Gasteiger partial charge on any atom is -0.399 e. The Morgan fingerprint density at radius 2 is 2.06 bits per heavy atom. The SMILES string of the molecule is CCCC1CCCN(c2ccc(N)cc2)C1. The number of piperidine rings is 1. The fourth-order valence-electron chi connectivity index (χ4n) is 2.63. The van der Waals surface area contributed by atoms with Gasteiger partial charge in [-0.25, -0.2) is 0 Å². The Labute approximate surface area is 98.4 Å². The molecular weight excluding hydrogens is 196 g/mol. The van der Waals surface area contributed by atoms with Crippen LogP contribution in [0.5, 0.6) is 0 Å². The second-order valence-electron chi connectivity index (χ2n) is 4.83. The number of anilines is 2. The predicted octanol–water partition coefficient (Wildman–Crippen LogP) is 3.29. The van der Waals surface area contributed by atoms with Crippen LogP contribution >= 0.6 is 0 Å². The van der Waals surface area contributed by atoms with E-state index in [9.17, 15) is 0 Å². The molecule has 1 atom stereocenters. The maximum Gasteiger partial charge on any atom is 0.0367 e. The number of rotatable bonds is 3. The summed E-state index contributed by atoms with van der Waals surface area (Å²) in [7, 11) is 0. The lowest BCUT2D eigenvalue weighted by Crippen LogP contribution is -2.35. The smallest absolute Gasteiger partial charge is 0.0367 e. The van der Waals surface area contributed by atoms with Gasteiger partial charge in [0.1, 0.15) is 0 Å². The van der Waals surface area contributed by atoms with Gasteiger partial charge in [-0.2, -0.15) is 0 Å². The van der Waals surface area contributed by atoms with Crippen molar-refractivity contribution in [2.45, 2.75) is 32.6 Å². The standard InChI is InChI=1S/C14H22N2/c1-2-4-12-5-3-10-16(11-12)14-8-6-13(15)7-9-14/h6-9,12H,2-5,10-11,15H2,1H3. The summed E-state index contributed by atoms with van der Waals surface area (Å²) in [6, 6.07) is 8.28. The van der Waals surface area contributed by atoms with Crippen LogP contribution in [-0.2, 0) is 0 Å². The number of nitrogens with two attached hydrogens (primary N) is 1. The van der Waals surface area contributed by atoms with Crippen molar-refractivity contribution in [3.63, 3.8) is 0 Å². The molecule has 0 saturated carbocycles. The molecule has 0 radical (unpaired) electrons. The highest BCUT2D eigenvalue weighted by molar-refractivity contribution is 5.53. The molecule has 2 nitrogen and oxygen atoms in total. The number of hydrogen-bond donors (Lipinski definition) is 1. The van der Waals surface area contributed by atoms with Gasteiger partial charge in [0.05, 0.1) is 0 Å². The lowest BCUT2D eigenvalue weighted by Gasteiger charge is -2.34. The summed E-state index contributed by atoms with van der Waals surface area (Å²) >= 11 is 0. The molecule has 0 bridgehead atoms. The van der Waals surface area contributed by atoms with Crippen LogP contribution in [0.25, 0.3) is 0 Å². The van der Waals surface area contributed by atoms with Gasteiger partial charge in [0, 0.05) is 24.5 Å². The molecule has 0 amide bonds. The molecule has 1 heterocycles. The van der Waals surface area contributed by atoms with E-state index in [0.717, 1.165) is 11.6 Å². The van der Waals surface area contributed by atoms with Gasteiger partial charge in [-0.3, -0.25) is 0 Å². The highest BCUT2D eigenvalue weighted by atomic mass is 15.1. The Morgan fingerprint density at radius 1 is 1.31 bits per heavy atom. The van der Waals surface area contributed by atoms with Crippen molar-refractivity contribution < 1.29 is 0 Å². The monoisotopic (exact) mass is 218 g/mol. The molecule has 1 aromatic carbocycles. The van der Waals surface area contributed by atoms with Gasteiger partial charge in [-0.1, -0.05) is 13.3 Å². The van der Waals surface area contributed by atoms with Gasteiger partial charge in [-0.15, -0.1) is 0 Å². The van der Waals surface area contributed by atoms with Gasteiger partial charge >= 0.3 is 0 Å². The molecule has 0 aromatic heterocycles. The van der Waals surface area contributed by atoms with E-state index >= 15 is 0 Å². The zero-order valence-electron chi connectivity index (χ0n) is 10.2. The van der Waals surface area contributed by atoms with Gasteiger partial charge in [0.2, 0.25) is 0 Å². The van der Waals surface area contributed by atoms with E-state index in [1.807, 2.05) is 12.1 Å². The summed E-state index contributed by atoms with van der Waals surface area (Å²) in [5.41, 5.74) is 7.89. The van der Waals surface area contributed by atoms with Crippen molar-refractivity contribution >= 4 is 11.4 Å². The van der Waals surface area contributed by atoms with Gasteiger partial charge < -0.3 is 10.6 Å². The fourth-order valence-corrected chi connectivity index (χ4v) is 2.63. The molecule has 1 unspecified atom stereocenters. The molecule has 1 saturated heterocycles. The van der Waals surface area contributed by atoms with Crippen molar-refractivity contribution in [2.24, 2.45) is 5.92 Å². The lowest BCUT2D eigenvalue weighted by molar-refractivity contribution is 0.388. The molecular formula is C14H22N2. The fraction of sp³-hybridized carbons (Fsp3) is 0.571. The van der Waals surface area contributed by atoms with Crippen LogP contribution in [0.1, 0.15) is 32.6 Å². The summed E-state index contributed by atoms with van der Waals surface area (Å²) in [4.78, 5) is 2.50. The van der Waals surface area contributed by atoms with E-state index in [2.05, 4.69) is 24.0 Å². The maximum absolute atomic E-state index is 5.71. The van der Waals surface area contributed by atoms with Crippen molar-refractivity contribution in [1.82, 2.24) is 0 Å². The summed E-state index contributed by atoms with van der Waals surface area (Å²) in [5, 5.41) is 0. The predicted molar refractivity (Wildman–Crippen MR) is 70.7 cm³/mol. The molecule has 2 heteroatoms. The average Bonchev–Trinajstić information content (AvgIpc) is 2.31. The first kappa shape index (κ1) is 11.3. The minimum absolute atomic E-state index is 0.853. The third-order valence-corrected chi connectivity index (χ3v) is 3.47. The normalized spacial score (nSPS) is 21.1. The Morgan fingerprint density at radius 3 is 2.75 bits per heavy atom. The zero-order chi connectivity index (χ0) is 11.4. The van der Waals surface area contributed by atoms with Crippen LogP contribution in [0.3, 0.4) is 0 Å². The molecule has 2 rings (SSSR count). The van der Waals surface area contributed by atoms with E-state index in [4.69, 9.17) is 5.73 Å². The summed E-state index contributed by atoms with van der Waals surface area (Å²) < 4.78 is 0. The lowest BCUT2D eigenvalue weighted by atomic mass is 9.93. The Bertz CT molecular complexity index is 316. The van der Waals surface area contributed by atoms with Crippen molar-refractivity contribution in [3.8, 4) is 0 Å². The molecule has 0 aliphatic carbocycles. The van der Waals surface area contributed by atoms with Crippen LogP contribution in [0.2, 0.25) is 0 Å². The number of hydrogen-bond acceptors (Lipinski definition) is 2. The Balaban J connectivity index is 2.01. The van der Waals surface area contributed by atoms with Crippen LogP contribution in [0, 0.1) is 5.92 Å². The van der Waals surface area contributed by atoms with Gasteiger partial charge in [-0.05, 0) is 49.4 Å². The second-order valence-corrected chi connectivity index (χ2v) is 4.83. The molecule has 1 aromatic rings. The Hall–Kier alpha value is -1.18. The molecule has 1 aliphatic rings. The van der Waals surface area contributed by atoms with E-state index in [-0.39, 0.29) is 0 Å². The van der Waals surface area contributed by atoms with Crippen LogP contribution in [0.15, 0.2) is 24.3 Å². The molecule has 88 valence electrons. The van der Waals surface area contributed by atoms with E-state index in [1.165, 1.54) is 44.5 Å². The zero-order valence-corrected chi connectivity index (χ0v) is 10.2. The van der Waals surface area contributed by atoms with E-state index in [1.54, 1.807) is 0 Å². The average molecular weight is 218 g/mol. The summed E-state index contributed by atoms with van der Waals surface area (Å²) in [6.07, 6.45) is 5.40. The highest BCUT2D eigenvalue weighted by Gasteiger charge is 2.19. The van der Waals surface area contributed by atoms with Crippen LogP contribution in [-0.4, -0.2) is 13.1 Å². The van der Waals surface area contributed by atoms with Crippen LogP contribution < -0.4 is 10.6 Å². The van der Waals surface area contributed by atoms with Gasteiger partial charge in [0.25, 0.3) is 0 Å². The molecule has 0 spiro atoms. The quantitative estimate of drug-likeness (QED) is 0.789. The minimum atomic E-state index is 0.853. The molecule has 1 fully saturated rings. The summed E-state index contributed by atoms with van der Waals surface area (Å²) in [6.45, 7) is 4.70. The van der Waals surface area contributed by atoms with Crippen molar-refractivity contribution in [3.05, 3.63) is 24.3 Å². The highest BCUT2D eigenvalue weighted by Crippen LogP contribution is 2.26.